The summed E-state index contributed by atoms with van der Waals surface area (Å²) in [4.78, 5) is 14.8. The second-order valence-electron chi connectivity index (χ2n) is 5.12. The van der Waals surface area contributed by atoms with Crippen molar-refractivity contribution < 1.29 is 4.92 Å². The molecule has 2 aromatic rings. The van der Waals surface area contributed by atoms with Crippen molar-refractivity contribution in [3.63, 3.8) is 0 Å². The van der Waals surface area contributed by atoms with Crippen LogP contribution in [0.25, 0.3) is 0 Å². The van der Waals surface area contributed by atoms with Gasteiger partial charge in [-0.05, 0) is 24.1 Å². The summed E-state index contributed by atoms with van der Waals surface area (Å²) in [5, 5.41) is 18.0. The van der Waals surface area contributed by atoms with E-state index in [-0.39, 0.29) is 34.6 Å². The molecule has 6 nitrogen and oxygen atoms in total. The fraction of sp³-hybridized carbons (Fsp3) is 0.235. The summed E-state index contributed by atoms with van der Waals surface area (Å²) < 4.78 is 0. The second-order valence-corrected chi connectivity index (χ2v) is 5.55. The number of hydrogen-bond donors (Lipinski definition) is 2. The van der Waals surface area contributed by atoms with Crippen LogP contribution in [0.2, 0.25) is 5.02 Å². The number of nitro benzene ring substituents is 1. The molecule has 25 heavy (non-hydrogen) atoms. The molecule has 0 heterocycles. The van der Waals surface area contributed by atoms with Crippen molar-refractivity contribution in [2.45, 2.75) is 13.0 Å². The highest BCUT2D eigenvalue weighted by Crippen LogP contribution is 2.17. The summed E-state index contributed by atoms with van der Waals surface area (Å²) in [7, 11) is 1.66. The molecular weight excluding hydrogens is 455 g/mol. The van der Waals surface area contributed by atoms with Crippen LogP contribution in [0.1, 0.15) is 11.1 Å². The number of halogens is 2. The number of hydrogen-bond acceptors (Lipinski definition) is 3. The van der Waals surface area contributed by atoms with Crippen LogP contribution in [0, 0.1) is 10.1 Å². The molecule has 0 saturated carbocycles. The number of nitrogens with zero attached hydrogens (tertiary/aromatic N) is 2. The van der Waals surface area contributed by atoms with Gasteiger partial charge in [0.2, 0.25) is 0 Å². The monoisotopic (exact) mass is 474 g/mol. The Morgan fingerprint density at radius 3 is 2.64 bits per heavy atom. The Bertz CT molecular complexity index is 740. The van der Waals surface area contributed by atoms with Crippen LogP contribution in [-0.4, -0.2) is 24.5 Å². The van der Waals surface area contributed by atoms with Gasteiger partial charge in [-0.2, -0.15) is 0 Å². The van der Waals surface area contributed by atoms with Crippen molar-refractivity contribution in [1.82, 2.24) is 10.6 Å². The fourth-order valence-corrected chi connectivity index (χ4v) is 2.47. The zero-order chi connectivity index (χ0) is 17.4. The van der Waals surface area contributed by atoms with Crippen LogP contribution in [0.3, 0.4) is 0 Å². The third-order valence-corrected chi connectivity index (χ3v) is 3.69. The molecule has 0 fully saturated rings. The number of guanidine groups is 1. The van der Waals surface area contributed by atoms with Crippen LogP contribution in [0.5, 0.6) is 0 Å². The van der Waals surface area contributed by atoms with Crippen LogP contribution >= 0.6 is 35.6 Å². The van der Waals surface area contributed by atoms with Gasteiger partial charge >= 0.3 is 0 Å². The largest absolute Gasteiger partial charge is 0.356 e. The molecule has 2 N–H and O–H groups in total. The van der Waals surface area contributed by atoms with E-state index >= 15 is 0 Å². The molecule has 0 radical (unpaired) electrons. The van der Waals surface area contributed by atoms with E-state index in [9.17, 15) is 10.1 Å². The van der Waals surface area contributed by atoms with Gasteiger partial charge < -0.3 is 10.6 Å². The van der Waals surface area contributed by atoms with Crippen molar-refractivity contribution in [2.75, 3.05) is 13.6 Å². The molecule has 0 atom stereocenters. The molecule has 0 saturated heterocycles. The standard InChI is InChI=1S/C17H19ClN4O2.HI/c1-19-17(20-10-9-13-5-4-7-15(18)11-13)21-12-14-6-2-3-8-16(14)22(23)24;/h2-8,11H,9-10,12H2,1H3,(H2,19,20,21);1H. The third-order valence-electron chi connectivity index (χ3n) is 3.45. The number of benzene rings is 2. The average Bonchev–Trinajstić information content (AvgIpc) is 2.58. The fourth-order valence-electron chi connectivity index (χ4n) is 2.26. The first-order chi connectivity index (χ1) is 11.6. The van der Waals surface area contributed by atoms with Gasteiger partial charge in [0.05, 0.1) is 4.92 Å². The topological polar surface area (TPSA) is 79.6 Å². The molecule has 2 aromatic carbocycles. The van der Waals surface area contributed by atoms with Crippen LogP contribution in [0.4, 0.5) is 5.69 Å². The van der Waals surface area contributed by atoms with Crippen molar-refractivity contribution in [2.24, 2.45) is 4.99 Å². The molecule has 0 aliphatic rings. The Kier molecular flexibility index (Phi) is 9.22. The minimum atomic E-state index is -0.383. The molecule has 0 aromatic heterocycles. The van der Waals surface area contributed by atoms with E-state index in [1.165, 1.54) is 6.07 Å². The molecule has 134 valence electrons. The Morgan fingerprint density at radius 1 is 1.20 bits per heavy atom. The van der Waals surface area contributed by atoms with Crippen LogP contribution in [-0.2, 0) is 13.0 Å². The smallest absolute Gasteiger partial charge is 0.274 e. The Balaban J connectivity index is 0.00000312. The molecule has 0 spiro atoms. The SMILES string of the molecule is CN=C(NCCc1cccc(Cl)c1)NCc1ccccc1[N+](=O)[O-].I. The van der Waals surface area contributed by atoms with Crippen molar-refractivity contribution in [3.8, 4) is 0 Å². The van der Waals surface area contributed by atoms with Gasteiger partial charge in [0.1, 0.15) is 0 Å². The number of para-hydroxylation sites is 1. The molecule has 0 aliphatic heterocycles. The van der Waals surface area contributed by atoms with E-state index < -0.39 is 0 Å². The zero-order valence-electron chi connectivity index (χ0n) is 13.7. The maximum Gasteiger partial charge on any atom is 0.274 e. The second kappa shape index (κ2) is 10.9. The van der Waals surface area contributed by atoms with Gasteiger partial charge in [0.25, 0.3) is 5.69 Å². The zero-order valence-corrected chi connectivity index (χ0v) is 16.8. The molecular formula is C17H20ClIN4O2. The van der Waals surface area contributed by atoms with Gasteiger partial charge in [0.15, 0.2) is 5.96 Å². The van der Waals surface area contributed by atoms with E-state index in [0.29, 0.717) is 29.6 Å². The lowest BCUT2D eigenvalue weighted by Crippen LogP contribution is -2.37. The van der Waals surface area contributed by atoms with Crippen LogP contribution < -0.4 is 10.6 Å². The van der Waals surface area contributed by atoms with Gasteiger partial charge in [-0.15, -0.1) is 24.0 Å². The molecule has 2 rings (SSSR count). The van der Waals surface area contributed by atoms with E-state index in [1.54, 1.807) is 25.2 Å². The van der Waals surface area contributed by atoms with Gasteiger partial charge in [-0.1, -0.05) is 41.9 Å². The molecule has 0 aliphatic carbocycles. The summed E-state index contributed by atoms with van der Waals surface area (Å²) in [5.41, 5.74) is 1.84. The quantitative estimate of drug-likeness (QED) is 0.220. The Labute approximate surface area is 168 Å². The Hall–Kier alpha value is -1.87. The van der Waals surface area contributed by atoms with Gasteiger partial charge in [-0.25, -0.2) is 0 Å². The van der Waals surface area contributed by atoms with E-state index in [0.717, 1.165) is 12.0 Å². The van der Waals surface area contributed by atoms with Gasteiger partial charge in [0, 0.05) is 36.8 Å². The van der Waals surface area contributed by atoms with Crippen LogP contribution in [0.15, 0.2) is 53.5 Å². The highest BCUT2D eigenvalue weighted by Gasteiger charge is 2.12. The lowest BCUT2D eigenvalue weighted by Gasteiger charge is -2.12. The predicted octanol–water partition coefficient (Wildman–Crippen LogP) is 3.77. The summed E-state index contributed by atoms with van der Waals surface area (Å²) in [6.45, 7) is 1.00. The summed E-state index contributed by atoms with van der Waals surface area (Å²) in [6.07, 6.45) is 0.798. The Morgan fingerprint density at radius 2 is 1.96 bits per heavy atom. The molecule has 0 bridgehead atoms. The first kappa shape index (κ1) is 21.2. The molecule has 0 amide bonds. The first-order valence-electron chi connectivity index (χ1n) is 7.51. The number of nitro groups is 1. The van der Waals surface area contributed by atoms with E-state index in [1.807, 2.05) is 24.3 Å². The van der Waals surface area contributed by atoms with Crippen molar-refractivity contribution in [3.05, 3.63) is 74.8 Å². The maximum atomic E-state index is 11.0. The van der Waals surface area contributed by atoms with Gasteiger partial charge in [-0.3, -0.25) is 15.1 Å². The highest BCUT2D eigenvalue weighted by atomic mass is 127. The van der Waals surface area contributed by atoms with E-state index in [4.69, 9.17) is 11.6 Å². The normalized spacial score (nSPS) is 10.7. The lowest BCUT2D eigenvalue weighted by atomic mass is 10.1. The number of rotatable bonds is 6. The highest BCUT2D eigenvalue weighted by molar-refractivity contribution is 14.0. The van der Waals surface area contributed by atoms with Crippen molar-refractivity contribution in [1.29, 1.82) is 0 Å². The van der Waals surface area contributed by atoms with Crippen molar-refractivity contribution >= 4 is 47.2 Å². The van der Waals surface area contributed by atoms with E-state index in [2.05, 4.69) is 15.6 Å². The minimum absolute atomic E-state index is 0. The number of nitrogens with one attached hydrogen (secondary N) is 2. The molecule has 0 unspecified atom stereocenters. The lowest BCUT2D eigenvalue weighted by molar-refractivity contribution is -0.385. The summed E-state index contributed by atoms with van der Waals surface area (Å²) >= 11 is 5.96. The minimum Gasteiger partial charge on any atom is -0.356 e. The number of aliphatic imine (C=N–C) groups is 1. The third kappa shape index (κ3) is 6.87. The molecule has 8 heteroatoms. The maximum absolute atomic E-state index is 11.0. The predicted molar refractivity (Wildman–Crippen MR) is 112 cm³/mol. The summed E-state index contributed by atoms with van der Waals surface area (Å²) in [5.74, 6) is 0.593. The summed E-state index contributed by atoms with van der Waals surface area (Å²) in [6, 6.07) is 14.3. The first-order valence-corrected chi connectivity index (χ1v) is 7.89. The average molecular weight is 475 g/mol.